The average molecular weight is 153 g/mol. The summed E-state index contributed by atoms with van der Waals surface area (Å²) < 4.78 is 0. The van der Waals surface area contributed by atoms with Gasteiger partial charge >= 0.3 is 5.97 Å². The first-order valence-corrected chi connectivity index (χ1v) is 3.55. The van der Waals surface area contributed by atoms with Crippen molar-refractivity contribution >= 4 is 5.97 Å². The van der Waals surface area contributed by atoms with Gasteiger partial charge in [-0.25, -0.2) is 0 Å². The van der Waals surface area contributed by atoms with Gasteiger partial charge in [0.15, 0.2) is 0 Å². The zero-order chi connectivity index (χ0) is 8.27. The minimum absolute atomic E-state index is 0.207. The second-order valence-electron chi connectivity index (χ2n) is 2.52. The Hall–Kier alpha value is -1.25. The number of nitrogens with one attached hydrogen (secondary N) is 1. The Balaban J connectivity index is 2.51. The van der Waals surface area contributed by atoms with Gasteiger partial charge in [0.05, 0.1) is 0 Å². The van der Waals surface area contributed by atoms with E-state index in [4.69, 9.17) is 5.11 Å². The van der Waals surface area contributed by atoms with Gasteiger partial charge in [0.2, 0.25) is 0 Å². The zero-order valence-electron chi connectivity index (χ0n) is 6.42. The molecule has 2 N–H and O–H groups in total. The number of hydrogen-bond donors (Lipinski definition) is 2. The third-order valence-electron chi connectivity index (χ3n) is 1.67. The predicted molar refractivity (Wildman–Crippen MR) is 41.5 cm³/mol. The fourth-order valence-corrected chi connectivity index (χ4v) is 0.997. The number of carboxylic acids is 1. The van der Waals surface area contributed by atoms with E-state index in [-0.39, 0.29) is 6.42 Å². The van der Waals surface area contributed by atoms with Crippen molar-refractivity contribution < 1.29 is 9.90 Å². The van der Waals surface area contributed by atoms with Gasteiger partial charge in [-0.15, -0.1) is 0 Å². The molecule has 1 aromatic heterocycles. The summed E-state index contributed by atoms with van der Waals surface area (Å²) in [5.41, 5.74) is 2.15. The van der Waals surface area contributed by atoms with E-state index in [0.29, 0.717) is 6.42 Å². The Morgan fingerprint density at radius 3 is 2.91 bits per heavy atom. The highest BCUT2D eigenvalue weighted by atomic mass is 16.4. The molecule has 0 amide bonds. The average Bonchev–Trinajstić information content (AvgIpc) is 2.31. The highest BCUT2D eigenvalue weighted by Gasteiger charge is 2.01. The second-order valence-corrected chi connectivity index (χ2v) is 2.52. The van der Waals surface area contributed by atoms with Gasteiger partial charge < -0.3 is 10.1 Å². The molecule has 3 heteroatoms. The van der Waals surface area contributed by atoms with E-state index in [9.17, 15) is 4.79 Å². The largest absolute Gasteiger partial charge is 0.481 e. The Labute approximate surface area is 65.1 Å². The first-order chi connectivity index (χ1) is 5.20. The number of carboxylic acid groups (broad SMARTS) is 1. The van der Waals surface area contributed by atoms with E-state index >= 15 is 0 Å². The number of carbonyl (C=O) groups is 1. The normalized spacial score (nSPS) is 9.91. The summed E-state index contributed by atoms with van der Waals surface area (Å²) in [5, 5.41) is 8.39. The van der Waals surface area contributed by atoms with Crippen LogP contribution in [0.3, 0.4) is 0 Å². The molecule has 0 aliphatic rings. The van der Waals surface area contributed by atoms with Crippen molar-refractivity contribution in [3.8, 4) is 0 Å². The topological polar surface area (TPSA) is 53.1 Å². The van der Waals surface area contributed by atoms with Crippen molar-refractivity contribution in [3.05, 3.63) is 23.5 Å². The van der Waals surface area contributed by atoms with Crippen LogP contribution in [0, 0.1) is 6.92 Å². The molecule has 1 aromatic rings. The van der Waals surface area contributed by atoms with Crippen molar-refractivity contribution in [2.75, 3.05) is 0 Å². The van der Waals surface area contributed by atoms with Crippen molar-refractivity contribution in [1.29, 1.82) is 0 Å². The maximum Gasteiger partial charge on any atom is 0.303 e. The summed E-state index contributed by atoms with van der Waals surface area (Å²) in [6.45, 7) is 1.94. The quantitative estimate of drug-likeness (QED) is 0.688. The van der Waals surface area contributed by atoms with Gasteiger partial charge in [-0.1, -0.05) is 0 Å². The van der Waals surface area contributed by atoms with Crippen molar-refractivity contribution in [2.45, 2.75) is 19.8 Å². The van der Waals surface area contributed by atoms with Crippen LogP contribution in [-0.4, -0.2) is 16.1 Å². The smallest absolute Gasteiger partial charge is 0.303 e. The zero-order valence-corrected chi connectivity index (χ0v) is 6.42. The van der Waals surface area contributed by atoms with Crippen LogP contribution in [-0.2, 0) is 11.2 Å². The lowest BCUT2D eigenvalue weighted by atomic mass is 10.1. The van der Waals surface area contributed by atoms with Gasteiger partial charge in [0.25, 0.3) is 0 Å². The van der Waals surface area contributed by atoms with Crippen LogP contribution in [0.1, 0.15) is 17.7 Å². The van der Waals surface area contributed by atoms with Crippen molar-refractivity contribution in [3.63, 3.8) is 0 Å². The molecule has 0 aliphatic heterocycles. The molecule has 0 radical (unpaired) electrons. The van der Waals surface area contributed by atoms with Crippen LogP contribution in [0.15, 0.2) is 12.3 Å². The SMILES string of the molecule is Cc1[nH]ccc1CCC(=O)O. The third kappa shape index (κ3) is 2.11. The van der Waals surface area contributed by atoms with Crippen LogP contribution in [0.2, 0.25) is 0 Å². The molecule has 1 heterocycles. The maximum atomic E-state index is 10.2. The van der Waals surface area contributed by atoms with Crippen molar-refractivity contribution in [2.24, 2.45) is 0 Å². The van der Waals surface area contributed by atoms with Gasteiger partial charge in [-0.2, -0.15) is 0 Å². The molecule has 11 heavy (non-hydrogen) atoms. The lowest BCUT2D eigenvalue weighted by molar-refractivity contribution is -0.136. The standard InChI is InChI=1S/C8H11NO2/c1-6-7(4-5-9-6)2-3-8(10)11/h4-5,9H,2-3H2,1H3,(H,10,11). The summed E-state index contributed by atoms with van der Waals surface area (Å²) in [6, 6.07) is 1.91. The molecule has 0 aliphatic carbocycles. The van der Waals surface area contributed by atoms with Crippen molar-refractivity contribution in [1.82, 2.24) is 4.98 Å². The van der Waals surface area contributed by atoms with Gasteiger partial charge in [0, 0.05) is 18.3 Å². The molecule has 0 atom stereocenters. The van der Waals surface area contributed by atoms with Crippen LogP contribution in [0.5, 0.6) is 0 Å². The molecular weight excluding hydrogens is 142 g/mol. The highest BCUT2D eigenvalue weighted by Crippen LogP contribution is 2.07. The molecule has 0 fully saturated rings. The molecule has 0 saturated heterocycles. The van der Waals surface area contributed by atoms with E-state index in [1.807, 2.05) is 19.2 Å². The summed E-state index contributed by atoms with van der Waals surface area (Å²) in [7, 11) is 0. The first kappa shape index (κ1) is 7.85. The fraction of sp³-hybridized carbons (Fsp3) is 0.375. The number of aromatic nitrogens is 1. The second kappa shape index (κ2) is 3.23. The van der Waals surface area contributed by atoms with Crippen LogP contribution in [0.25, 0.3) is 0 Å². The molecule has 0 saturated carbocycles. The molecule has 60 valence electrons. The van der Waals surface area contributed by atoms with E-state index in [1.54, 1.807) is 0 Å². The summed E-state index contributed by atoms with van der Waals surface area (Å²) >= 11 is 0. The predicted octanol–water partition coefficient (Wildman–Crippen LogP) is 1.34. The van der Waals surface area contributed by atoms with Gasteiger partial charge in [0.1, 0.15) is 0 Å². The minimum Gasteiger partial charge on any atom is -0.481 e. The monoisotopic (exact) mass is 153 g/mol. The lowest BCUT2D eigenvalue weighted by Gasteiger charge is -1.94. The van der Waals surface area contributed by atoms with Gasteiger partial charge in [-0.3, -0.25) is 4.79 Å². The van der Waals surface area contributed by atoms with E-state index in [0.717, 1.165) is 11.3 Å². The highest BCUT2D eigenvalue weighted by molar-refractivity contribution is 5.67. The molecule has 1 rings (SSSR count). The molecule has 0 aromatic carbocycles. The third-order valence-corrected chi connectivity index (χ3v) is 1.67. The molecule has 0 bridgehead atoms. The maximum absolute atomic E-state index is 10.2. The number of aryl methyl sites for hydroxylation is 2. The number of aliphatic carboxylic acids is 1. The van der Waals surface area contributed by atoms with Crippen LogP contribution < -0.4 is 0 Å². The fourth-order valence-electron chi connectivity index (χ4n) is 0.997. The Morgan fingerprint density at radius 1 is 1.73 bits per heavy atom. The number of rotatable bonds is 3. The van der Waals surface area contributed by atoms with Crippen LogP contribution >= 0.6 is 0 Å². The summed E-state index contributed by atoms with van der Waals surface area (Å²) in [4.78, 5) is 13.2. The molecule has 3 nitrogen and oxygen atoms in total. The lowest BCUT2D eigenvalue weighted by Crippen LogP contribution is -1.97. The molecular formula is C8H11NO2. The van der Waals surface area contributed by atoms with Crippen LogP contribution in [0.4, 0.5) is 0 Å². The summed E-state index contributed by atoms with van der Waals surface area (Å²) in [6.07, 6.45) is 2.65. The van der Waals surface area contributed by atoms with E-state index < -0.39 is 5.97 Å². The van der Waals surface area contributed by atoms with Gasteiger partial charge in [-0.05, 0) is 25.0 Å². The van der Waals surface area contributed by atoms with E-state index in [2.05, 4.69) is 4.98 Å². The Morgan fingerprint density at radius 2 is 2.45 bits per heavy atom. The number of H-pyrrole nitrogens is 1. The number of aromatic amines is 1. The first-order valence-electron chi connectivity index (χ1n) is 3.55. The Kier molecular flexibility index (Phi) is 2.31. The summed E-state index contributed by atoms with van der Waals surface area (Å²) in [5.74, 6) is -0.745. The molecule has 0 unspecified atom stereocenters. The van der Waals surface area contributed by atoms with E-state index in [1.165, 1.54) is 0 Å². The number of hydrogen-bond acceptors (Lipinski definition) is 1. The Bertz CT molecular complexity index is 252. The molecule has 0 spiro atoms. The minimum atomic E-state index is -0.745.